The van der Waals surface area contributed by atoms with Gasteiger partial charge in [-0.3, -0.25) is 0 Å². The summed E-state index contributed by atoms with van der Waals surface area (Å²) in [4.78, 5) is 11.6. The predicted octanol–water partition coefficient (Wildman–Crippen LogP) is 0.287. The summed E-state index contributed by atoms with van der Waals surface area (Å²) in [6.07, 6.45) is 1.34. The maximum Gasteiger partial charge on any atom is 0.333 e. The summed E-state index contributed by atoms with van der Waals surface area (Å²) in [5.74, 6) is 0.396. The van der Waals surface area contributed by atoms with E-state index in [0.717, 1.165) is 0 Å². The molecule has 0 saturated heterocycles. The monoisotopic (exact) mass is 234 g/mol. The standard InChI is InChI=1S/C10H10N4O3/c1-16-8-4-2-3-5-9(8)17-10(15)6-14-7-11-12-13-14/h2-5,7H,6H2,1H3. The number of ether oxygens (including phenoxy) is 2. The Kier molecular flexibility index (Phi) is 3.29. The molecule has 7 nitrogen and oxygen atoms in total. The summed E-state index contributed by atoms with van der Waals surface area (Å²) in [5, 5.41) is 10.4. The van der Waals surface area contributed by atoms with Crippen molar-refractivity contribution in [3.05, 3.63) is 30.6 Å². The zero-order valence-electron chi connectivity index (χ0n) is 9.11. The van der Waals surface area contributed by atoms with Crippen molar-refractivity contribution in [3.63, 3.8) is 0 Å². The number of para-hydroxylation sites is 2. The quantitative estimate of drug-likeness (QED) is 0.558. The van der Waals surface area contributed by atoms with Crippen LogP contribution in [0.3, 0.4) is 0 Å². The summed E-state index contributed by atoms with van der Waals surface area (Å²) < 4.78 is 11.5. The molecule has 0 fully saturated rings. The molecule has 0 bridgehead atoms. The topological polar surface area (TPSA) is 79.1 Å². The molecule has 0 aliphatic carbocycles. The van der Waals surface area contributed by atoms with Gasteiger partial charge in [0.05, 0.1) is 7.11 Å². The van der Waals surface area contributed by atoms with E-state index in [-0.39, 0.29) is 6.54 Å². The molecular weight excluding hydrogens is 224 g/mol. The van der Waals surface area contributed by atoms with Gasteiger partial charge in [-0.1, -0.05) is 12.1 Å². The van der Waals surface area contributed by atoms with Gasteiger partial charge in [0.25, 0.3) is 0 Å². The first-order chi connectivity index (χ1) is 8.29. The molecule has 2 aromatic rings. The predicted molar refractivity (Wildman–Crippen MR) is 56.4 cm³/mol. The van der Waals surface area contributed by atoms with Gasteiger partial charge < -0.3 is 9.47 Å². The van der Waals surface area contributed by atoms with Crippen molar-refractivity contribution in [1.82, 2.24) is 20.2 Å². The van der Waals surface area contributed by atoms with Crippen LogP contribution >= 0.6 is 0 Å². The van der Waals surface area contributed by atoms with Gasteiger partial charge in [0.1, 0.15) is 12.9 Å². The summed E-state index contributed by atoms with van der Waals surface area (Å²) in [7, 11) is 1.51. The van der Waals surface area contributed by atoms with E-state index >= 15 is 0 Å². The molecule has 0 amide bonds. The normalized spacial score (nSPS) is 9.94. The van der Waals surface area contributed by atoms with Crippen LogP contribution < -0.4 is 9.47 Å². The summed E-state index contributed by atoms with van der Waals surface area (Å²) in [6.45, 7) is -0.0505. The molecular formula is C10H10N4O3. The van der Waals surface area contributed by atoms with Crippen molar-refractivity contribution < 1.29 is 14.3 Å². The molecule has 0 aliphatic heterocycles. The smallest absolute Gasteiger partial charge is 0.333 e. The van der Waals surface area contributed by atoms with E-state index in [1.165, 1.54) is 18.1 Å². The van der Waals surface area contributed by atoms with Gasteiger partial charge in [-0.05, 0) is 22.6 Å². The van der Waals surface area contributed by atoms with Gasteiger partial charge in [-0.15, -0.1) is 5.10 Å². The lowest BCUT2D eigenvalue weighted by Crippen LogP contribution is -2.17. The molecule has 1 aromatic heterocycles. The second-order valence-electron chi connectivity index (χ2n) is 3.13. The van der Waals surface area contributed by atoms with E-state index < -0.39 is 5.97 Å². The second-order valence-corrected chi connectivity index (χ2v) is 3.13. The highest BCUT2D eigenvalue weighted by Gasteiger charge is 2.10. The number of carbonyl (C=O) groups is 1. The fraction of sp³-hybridized carbons (Fsp3) is 0.200. The number of rotatable bonds is 4. The molecule has 17 heavy (non-hydrogen) atoms. The van der Waals surface area contributed by atoms with Crippen LogP contribution in [0, 0.1) is 0 Å². The number of benzene rings is 1. The highest BCUT2D eigenvalue weighted by Crippen LogP contribution is 2.25. The fourth-order valence-corrected chi connectivity index (χ4v) is 1.24. The number of hydrogen-bond donors (Lipinski definition) is 0. The molecule has 0 spiro atoms. The van der Waals surface area contributed by atoms with Crippen LogP contribution in [0.2, 0.25) is 0 Å². The van der Waals surface area contributed by atoms with E-state index in [4.69, 9.17) is 9.47 Å². The maximum atomic E-state index is 11.6. The highest BCUT2D eigenvalue weighted by molar-refractivity contribution is 5.72. The molecule has 88 valence electrons. The number of esters is 1. The lowest BCUT2D eigenvalue weighted by Gasteiger charge is -2.08. The average molecular weight is 234 g/mol. The van der Waals surface area contributed by atoms with Gasteiger partial charge in [0.15, 0.2) is 11.5 Å². The fourth-order valence-electron chi connectivity index (χ4n) is 1.24. The Hall–Kier alpha value is -2.44. The van der Waals surface area contributed by atoms with Gasteiger partial charge in [-0.2, -0.15) is 0 Å². The second kappa shape index (κ2) is 5.06. The third-order valence-electron chi connectivity index (χ3n) is 1.98. The van der Waals surface area contributed by atoms with E-state index in [2.05, 4.69) is 15.5 Å². The molecule has 0 unspecified atom stereocenters. The zero-order chi connectivity index (χ0) is 12.1. The van der Waals surface area contributed by atoms with Gasteiger partial charge >= 0.3 is 5.97 Å². The summed E-state index contributed by atoms with van der Waals surface area (Å²) in [6, 6.07) is 6.90. The van der Waals surface area contributed by atoms with Crippen molar-refractivity contribution in [3.8, 4) is 11.5 Å². The molecule has 1 aromatic carbocycles. The Morgan fingerprint density at radius 3 is 2.76 bits per heavy atom. The van der Waals surface area contributed by atoms with E-state index in [9.17, 15) is 4.79 Å². The number of carbonyl (C=O) groups excluding carboxylic acids is 1. The Bertz CT molecular complexity index is 498. The number of nitrogens with zero attached hydrogens (tertiary/aromatic N) is 4. The van der Waals surface area contributed by atoms with Crippen LogP contribution in [-0.4, -0.2) is 33.3 Å². The minimum absolute atomic E-state index is 0.0505. The van der Waals surface area contributed by atoms with Gasteiger partial charge in [0.2, 0.25) is 0 Å². The third-order valence-corrected chi connectivity index (χ3v) is 1.98. The minimum atomic E-state index is -0.471. The van der Waals surface area contributed by atoms with E-state index in [0.29, 0.717) is 11.5 Å². The van der Waals surface area contributed by atoms with Crippen LogP contribution in [-0.2, 0) is 11.3 Å². The maximum absolute atomic E-state index is 11.6. The minimum Gasteiger partial charge on any atom is -0.493 e. The first kappa shape index (κ1) is 11.1. The summed E-state index contributed by atoms with van der Waals surface area (Å²) in [5.41, 5.74) is 0. The highest BCUT2D eigenvalue weighted by atomic mass is 16.6. The molecule has 7 heteroatoms. The van der Waals surface area contributed by atoms with Crippen molar-refractivity contribution in [1.29, 1.82) is 0 Å². The Morgan fingerprint density at radius 2 is 2.12 bits per heavy atom. The molecule has 1 heterocycles. The third kappa shape index (κ3) is 2.77. The Balaban J connectivity index is 2.03. The van der Waals surface area contributed by atoms with Crippen molar-refractivity contribution >= 4 is 5.97 Å². The van der Waals surface area contributed by atoms with Crippen molar-refractivity contribution in [2.75, 3.05) is 7.11 Å². The van der Waals surface area contributed by atoms with Crippen LogP contribution in [0.4, 0.5) is 0 Å². The lowest BCUT2D eigenvalue weighted by molar-refractivity contribution is -0.135. The number of methoxy groups -OCH3 is 1. The Labute approximate surface area is 97.0 Å². The molecule has 0 N–H and O–H groups in total. The van der Waals surface area contributed by atoms with Crippen LogP contribution in [0.25, 0.3) is 0 Å². The van der Waals surface area contributed by atoms with E-state index in [1.54, 1.807) is 24.3 Å². The molecule has 0 saturated carbocycles. The SMILES string of the molecule is COc1ccccc1OC(=O)Cn1cnnn1. The van der Waals surface area contributed by atoms with Gasteiger partial charge in [-0.25, -0.2) is 9.48 Å². The molecule has 2 rings (SSSR count). The number of tetrazole rings is 1. The Morgan fingerprint density at radius 1 is 1.35 bits per heavy atom. The average Bonchev–Trinajstić information content (AvgIpc) is 2.82. The molecule has 0 aliphatic rings. The lowest BCUT2D eigenvalue weighted by atomic mass is 10.3. The van der Waals surface area contributed by atoms with Gasteiger partial charge in [0, 0.05) is 0 Å². The van der Waals surface area contributed by atoms with Crippen molar-refractivity contribution in [2.24, 2.45) is 0 Å². The van der Waals surface area contributed by atoms with Crippen LogP contribution in [0.5, 0.6) is 11.5 Å². The first-order valence-electron chi connectivity index (χ1n) is 4.84. The zero-order valence-corrected chi connectivity index (χ0v) is 9.11. The van der Waals surface area contributed by atoms with Crippen molar-refractivity contribution in [2.45, 2.75) is 6.54 Å². The summed E-state index contributed by atoms with van der Waals surface area (Å²) >= 11 is 0. The van der Waals surface area contributed by atoms with E-state index in [1.807, 2.05) is 0 Å². The first-order valence-corrected chi connectivity index (χ1v) is 4.84. The molecule has 0 atom stereocenters. The van der Waals surface area contributed by atoms with Crippen LogP contribution in [0.1, 0.15) is 0 Å². The number of hydrogen-bond acceptors (Lipinski definition) is 6. The number of aromatic nitrogens is 4. The largest absolute Gasteiger partial charge is 0.493 e. The molecule has 0 radical (unpaired) electrons. The van der Waals surface area contributed by atoms with Crippen LogP contribution in [0.15, 0.2) is 30.6 Å².